The molecule has 1 saturated heterocycles. The van der Waals surface area contributed by atoms with E-state index in [1.54, 1.807) is 23.7 Å². The molecule has 0 amide bonds. The number of hydrogen-bond donors (Lipinski definition) is 0. The molecule has 5 nitrogen and oxygen atoms in total. The first-order valence-electron chi connectivity index (χ1n) is 10.4. The molecule has 3 aromatic rings. The van der Waals surface area contributed by atoms with Crippen molar-refractivity contribution in [2.24, 2.45) is 13.0 Å². The molecule has 0 bridgehead atoms. The number of nitrogens with zero attached hydrogens (tertiary/aromatic N) is 3. The summed E-state index contributed by atoms with van der Waals surface area (Å²) < 4.78 is 40.9. The Balaban J connectivity index is 1.73. The molecule has 0 saturated carbocycles. The summed E-state index contributed by atoms with van der Waals surface area (Å²) in [7, 11) is 0.862. The number of aromatic nitrogens is 3. The van der Waals surface area contributed by atoms with Crippen LogP contribution in [-0.2, 0) is 37.4 Å². The van der Waals surface area contributed by atoms with Crippen LogP contribution in [0.3, 0.4) is 0 Å². The number of halogens is 2. The summed E-state index contributed by atoms with van der Waals surface area (Å²) >= 11 is 0. The molecule has 8 heteroatoms. The number of fused-ring (bicyclic) bond motifs is 1. The fourth-order valence-electron chi connectivity index (χ4n) is 4.49. The fraction of sp³-hybridized carbons (Fsp3) is 0.435. The minimum atomic E-state index is -0.841. The molecule has 0 spiro atoms. The van der Waals surface area contributed by atoms with Gasteiger partial charge in [0.15, 0.2) is 0 Å². The fourth-order valence-corrected chi connectivity index (χ4v) is 5.99. The Bertz CT molecular complexity index is 1210. The van der Waals surface area contributed by atoms with E-state index < -0.39 is 23.3 Å². The van der Waals surface area contributed by atoms with Gasteiger partial charge in [-0.05, 0) is 42.7 Å². The van der Waals surface area contributed by atoms with Crippen LogP contribution in [0.4, 0.5) is 8.78 Å². The Kier molecular flexibility index (Phi) is 6.27. The van der Waals surface area contributed by atoms with Gasteiger partial charge in [-0.3, -0.25) is 13.6 Å². The minimum Gasteiger partial charge on any atom is -0.295 e. The van der Waals surface area contributed by atoms with Gasteiger partial charge in [-0.1, -0.05) is 25.1 Å². The monoisotopic (exact) mass is 445 g/mol. The molecule has 4 rings (SSSR count). The predicted molar refractivity (Wildman–Crippen MR) is 118 cm³/mol. The van der Waals surface area contributed by atoms with Crippen LogP contribution >= 0.6 is 0 Å². The normalized spacial score (nSPS) is 21.5. The predicted octanol–water partition coefficient (Wildman–Crippen LogP) is 3.59. The zero-order valence-electron chi connectivity index (χ0n) is 17.6. The summed E-state index contributed by atoms with van der Waals surface area (Å²) in [6.07, 6.45) is 2.92. The molecule has 31 heavy (non-hydrogen) atoms. The van der Waals surface area contributed by atoms with Crippen LogP contribution in [0.25, 0.3) is 11.0 Å². The van der Waals surface area contributed by atoms with Crippen LogP contribution in [-0.4, -0.2) is 30.2 Å². The van der Waals surface area contributed by atoms with E-state index in [1.807, 2.05) is 13.0 Å². The molecule has 1 aliphatic heterocycles. The van der Waals surface area contributed by atoms with E-state index in [2.05, 4.69) is 9.97 Å². The Morgan fingerprint density at radius 3 is 2.74 bits per heavy atom. The number of pyridine rings is 1. The third-order valence-corrected chi connectivity index (χ3v) is 7.83. The molecule has 3 heterocycles. The van der Waals surface area contributed by atoms with E-state index in [1.165, 1.54) is 12.4 Å². The van der Waals surface area contributed by atoms with Crippen molar-refractivity contribution in [3.63, 3.8) is 0 Å². The van der Waals surface area contributed by atoms with E-state index in [-0.39, 0.29) is 23.0 Å². The van der Waals surface area contributed by atoms with Crippen molar-refractivity contribution < 1.29 is 13.0 Å². The van der Waals surface area contributed by atoms with Crippen molar-refractivity contribution in [2.45, 2.75) is 38.8 Å². The van der Waals surface area contributed by atoms with Crippen LogP contribution in [0, 0.1) is 11.7 Å². The van der Waals surface area contributed by atoms with E-state index in [0.717, 1.165) is 11.1 Å². The highest BCUT2D eigenvalue weighted by atomic mass is 32.2. The van der Waals surface area contributed by atoms with Crippen molar-refractivity contribution in [2.75, 3.05) is 11.5 Å². The van der Waals surface area contributed by atoms with Crippen molar-refractivity contribution >= 4 is 21.8 Å². The zero-order valence-corrected chi connectivity index (χ0v) is 18.4. The summed E-state index contributed by atoms with van der Waals surface area (Å²) in [5.74, 6) is 0.852. The Labute approximate surface area is 182 Å². The van der Waals surface area contributed by atoms with Gasteiger partial charge in [0, 0.05) is 45.9 Å². The quantitative estimate of drug-likeness (QED) is 0.602. The Morgan fingerprint density at radius 2 is 2.00 bits per heavy atom. The molecule has 1 aliphatic rings. The second-order valence-electron chi connectivity index (χ2n) is 8.23. The van der Waals surface area contributed by atoms with E-state index in [4.69, 9.17) is 0 Å². The maximum Gasteiger partial charge on any atom is 0.255 e. The smallest absolute Gasteiger partial charge is 0.255 e. The third-order valence-electron chi connectivity index (χ3n) is 6.24. The average molecular weight is 446 g/mol. The largest absolute Gasteiger partial charge is 0.295 e. The summed E-state index contributed by atoms with van der Waals surface area (Å²) in [6, 6.07) is 6.63. The van der Waals surface area contributed by atoms with Gasteiger partial charge in [-0.15, -0.1) is 0 Å². The topological polar surface area (TPSA) is 64.8 Å². The van der Waals surface area contributed by atoms with Crippen LogP contribution in [0.15, 0.2) is 35.4 Å². The zero-order chi connectivity index (χ0) is 22.1. The molecule has 3 atom stereocenters. The highest BCUT2D eigenvalue weighted by Crippen LogP contribution is 2.32. The Hall–Kier alpha value is -2.48. The van der Waals surface area contributed by atoms with Crippen molar-refractivity contribution in [1.82, 2.24) is 14.5 Å². The van der Waals surface area contributed by atoms with Gasteiger partial charge in [-0.2, -0.15) is 0 Å². The molecule has 1 aromatic carbocycles. The maximum atomic E-state index is 14.4. The standard InChI is InChI=1S/C23H25F2N3O2S/c1-14-12-31(30)9-8-17(14)18-10-19-20(26-13-27-22(19)28(2)23(18)29)7-6-15-4-3-5-16(11-24)21(15)25/h3-5,10,13-14,17H,6-9,11-12H2,1-2H3. The van der Waals surface area contributed by atoms with E-state index >= 15 is 0 Å². The summed E-state index contributed by atoms with van der Waals surface area (Å²) in [5, 5.41) is 0.764. The second-order valence-corrected chi connectivity index (χ2v) is 9.85. The lowest BCUT2D eigenvalue weighted by Crippen LogP contribution is -2.32. The minimum absolute atomic E-state index is 0.0348. The van der Waals surface area contributed by atoms with Crippen molar-refractivity contribution in [3.8, 4) is 0 Å². The number of benzene rings is 1. The molecule has 1 fully saturated rings. The molecule has 2 aromatic heterocycles. The van der Waals surface area contributed by atoms with Gasteiger partial charge in [-0.25, -0.2) is 18.7 Å². The van der Waals surface area contributed by atoms with Crippen LogP contribution in [0.5, 0.6) is 0 Å². The average Bonchev–Trinajstić information content (AvgIpc) is 2.76. The molecule has 0 N–H and O–H groups in total. The summed E-state index contributed by atoms with van der Waals surface area (Å²) in [5.41, 5.74) is 2.35. The number of alkyl halides is 1. The van der Waals surface area contributed by atoms with Crippen LogP contribution in [0.2, 0.25) is 0 Å². The number of aryl methyl sites for hydroxylation is 3. The first kappa shape index (κ1) is 21.7. The summed E-state index contributed by atoms with van der Waals surface area (Å²) in [4.78, 5) is 21.8. The third kappa shape index (κ3) is 4.18. The summed E-state index contributed by atoms with van der Waals surface area (Å²) in [6.45, 7) is 1.19. The number of hydrogen-bond acceptors (Lipinski definition) is 4. The first-order chi connectivity index (χ1) is 14.9. The highest BCUT2D eigenvalue weighted by molar-refractivity contribution is 7.85. The lowest BCUT2D eigenvalue weighted by atomic mass is 9.86. The lowest BCUT2D eigenvalue weighted by molar-refractivity contribution is 0.461. The highest BCUT2D eigenvalue weighted by Gasteiger charge is 2.29. The lowest BCUT2D eigenvalue weighted by Gasteiger charge is -2.28. The molecule has 0 aliphatic carbocycles. The van der Waals surface area contributed by atoms with Crippen LogP contribution in [0.1, 0.15) is 41.6 Å². The SMILES string of the molecule is CC1CS(=O)CCC1c1cc2c(CCc3cccc(CF)c3F)ncnc2n(C)c1=O. The van der Waals surface area contributed by atoms with Crippen LogP contribution < -0.4 is 5.56 Å². The molecule has 0 radical (unpaired) electrons. The van der Waals surface area contributed by atoms with Gasteiger partial charge in [0.1, 0.15) is 24.5 Å². The van der Waals surface area contributed by atoms with Gasteiger partial charge < -0.3 is 0 Å². The van der Waals surface area contributed by atoms with Gasteiger partial charge in [0.2, 0.25) is 0 Å². The van der Waals surface area contributed by atoms with E-state index in [9.17, 15) is 17.8 Å². The van der Waals surface area contributed by atoms with E-state index in [0.29, 0.717) is 47.5 Å². The first-order valence-corrected chi connectivity index (χ1v) is 11.9. The van der Waals surface area contributed by atoms with Crippen molar-refractivity contribution in [1.29, 1.82) is 0 Å². The Morgan fingerprint density at radius 1 is 1.23 bits per heavy atom. The second kappa shape index (κ2) is 8.94. The maximum absolute atomic E-state index is 14.4. The molecule has 164 valence electrons. The van der Waals surface area contributed by atoms with Gasteiger partial charge in [0.05, 0.1) is 5.69 Å². The van der Waals surface area contributed by atoms with Gasteiger partial charge in [0.25, 0.3) is 5.56 Å². The van der Waals surface area contributed by atoms with Gasteiger partial charge >= 0.3 is 0 Å². The molecule has 3 unspecified atom stereocenters. The van der Waals surface area contributed by atoms with Crippen molar-refractivity contribution in [3.05, 3.63) is 69.1 Å². The molecular weight excluding hydrogens is 420 g/mol. The molecular formula is C23H25F2N3O2S. The number of rotatable bonds is 5.